The van der Waals surface area contributed by atoms with Gasteiger partial charge in [-0.2, -0.15) is 10.5 Å². The minimum absolute atomic E-state index is 0.227. The van der Waals surface area contributed by atoms with E-state index in [-0.39, 0.29) is 6.04 Å². The van der Waals surface area contributed by atoms with Crippen LogP contribution >= 0.6 is 0 Å². The average Bonchev–Trinajstić information content (AvgIpc) is 2.61. The summed E-state index contributed by atoms with van der Waals surface area (Å²) in [6.45, 7) is 2.94. The molecule has 1 aromatic rings. The number of nitrogens with zero attached hydrogens (tertiary/aromatic N) is 4. The van der Waals surface area contributed by atoms with Gasteiger partial charge in [-0.05, 0) is 44.3 Å². The molecule has 0 bridgehead atoms. The Kier molecular flexibility index (Phi) is 4.39. The fraction of sp³-hybridized carbons (Fsp3) is 0.467. The number of hydrogen-bond acceptors (Lipinski definition) is 4. The second-order valence-electron chi connectivity index (χ2n) is 4.98. The first-order valence-corrected chi connectivity index (χ1v) is 6.57. The van der Waals surface area contributed by atoms with Gasteiger partial charge in [-0.3, -0.25) is 0 Å². The molecule has 0 amide bonds. The Labute approximate surface area is 114 Å². The molecule has 1 fully saturated rings. The molecule has 1 heterocycles. The summed E-state index contributed by atoms with van der Waals surface area (Å²) in [7, 11) is 2.10. The SMILES string of the molecule is CN1CCCN(c2ccc(C#N)cc2)C(CC#N)C1. The molecular formula is C15H18N4. The third kappa shape index (κ3) is 3.24. The molecule has 2 rings (SSSR count). The van der Waals surface area contributed by atoms with Gasteiger partial charge in [0.15, 0.2) is 0 Å². The van der Waals surface area contributed by atoms with Crippen molar-refractivity contribution in [1.82, 2.24) is 4.90 Å². The first kappa shape index (κ1) is 13.4. The van der Waals surface area contributed by atoms with Gasteiger partial charge in [-0.25, -0.2) is 0 Å². The van der Waals surface area contributed by atoms with Crippen molar-refractivity contribution in [3.05, 3.63) is 29.8 Å². The maximum absolute atomic E-state index is 9.01. The molecule has 1 aromatic carbocycles. The summed E-state index contributed by atoms with van der Waals surface area (Å²) >= 11 is 0. The number of likely N-dealkylation sites (N-methyl/N-ethyl adjacent to an activating group) is 1. The summed E-state index contributed by atoms with van der Waals surface area (Å²) in [5.74, 6) is 0. The van der Waals surface area contributed by atoms with Crippen molar-refractivity contribution >= 4 is 5.69 Å². The molecule has 98 valence electrons. The summed E-state index contributed by atoms with van der Waals surface area (Å²) in [6, 6.07) is 12.3. The van der Waals surface area contributed by atoms with Crippen LogP contribution in [0.15, 0.2) is 24.3 Å². The maximum Gasteiger partial charge on any atom is 0.0991 e. The van der Waals surface area contributed by atoms with E-state index in [0.717, 1.165) is 31.7 Å². The Hall–Kier alpha value is -2.04. The second kappa shape index (κ2) is 6.22. The molecule has 4 heteroatoms. The Morgan fingerprint density at radius 2 is 1.95 bits per heavy atom. The Balaban J connectivity index is 2.23. The third-order valence-corrected chi connectivity index (χ3v) is 3.56. The van der Waals surface area contributed by atoms with E-state index >= 15 is 0 Å². The van der Waals surface area contributed by atoms with E-state index in [4.69, 9.17) is 10.5 Å². The molecule has 1 aliphatic rings. The van der Waals surface area contributed by atoms with Crippen LogP contribution in [-0.2, 0) is 0 Å². The third-order valence-electron chi connectivity index (χ3n) is 3.56. The van der Waals surface area contributed by atoms with Crippen molar-refractivity contribution in [3.63, 3.8) is 0 Å². The van der Waals surface area contributed by atoms with Gasteiger partial charge >= 0.3 is 0 Å². The lowest BCUT2D eigenvalue weighted by molar-refractivity contribution is 0.332. The fourth-order valence-electron chi connectivity index (χ4n) is 2.59. The highest BCUT2D eigenvalue weighted by molar-refractivity contribution is 5.51. The molecule has 0 N–H and O–H groups in total. The molecule has 0 aliphatic carbocycles. The van der Waals surface area contributed by atoms with Gasteiger partial charge in [-0.15, -0.1) is 0 Å². The molecule has 0 radical (unpaired) electrons. The highest BCUT2D eigenvalue weighted by Gasteiger charge is 2.23. The molecule has 0 spiro atoms. The lowest BCUT2D eigenvalue weighted by atomic mass is 10.1. The number of benzene rings is 1. The smallest absolute Gasteiger partial charge is 0.0991 e. The van der Waals surface area contributed by atoms with Gasteiger partial charge in [0, 0.05) is 18.8 Å². The summed E-state index contributed by atoms with van der Waals surface area (Å²) in [6.07, 6.45) is 1.63. The molecule has 0 saturated carbocycles. The summed E-state index contributed by atoms with van der Waals surface area (Å²) in [5, 5.41) is 17.8. The van der Waals surface area contributed by atoms with Gasteiger partial charge in [0.25, 0.3) is 0 Å². The number of nitriles is 2. The van der Waals surface area contributed by atoms with Crippen LogP contribution in [0.3, 0.4) is 0 Å². The fourth-order valence-corrected chi connectivity index (χ4v) is 2.59. The van der Waals surface area contributed by atoms with Crippen LogP contribution in [0.5, 0.6) is 0 Å². The van der Waals surface area contributed by atoms with Crippen LogP contribution in [0.25, 0.3) is 0 Å². The Morgan fingerprint density at radius 1 is 1.21 bits per heavy atom. The highest BCUT2D eigenvalue weighted by atomic mass is 15.2. The Morgan fingerprint density at radius 3 is 2.58 bits per heavy atom. The standard InChI is InChI=1S/C15H18N4/c1-18-9-2-10-19(15(12-18)7-8-16)14-5-3-13(11-17)4-6-14/h3-6,15H,2,7,9-10,12H2,1H3. The quantitative estimate of drug-likeness (QED) is 0.810. The van der Waals surface area contributed by atoms with Gasteiger partial charge in [0.05, 0.1) is 30.2 Å². The van der Waals surface area contributed by atoms with Crippen molar-refractivity contribution in [2.45, 2.75) is 18.9 Å². The van der Waals surface area contributed by atoms with E-state index in [1.165, 1.54) is 0 Å². The van der Waals surface area contributed by atoms with Crippen LogP contribution in [0.1, 0.15) is 18.4 Å². The minimum atomic E-state index is 0.227. The maximum atomic E-state index is 9.01. The lowest BCUT2D eigenvalue weighted by Crippen LogP contribution is -2.40. The monoisotopic (exact) mass is 254 g/mol. The molecule has 0 aromatic heterocycles. The zero-order chi connectivity index (χ0) is 13.7. The van der Waals surface area contributed by atoms with E-state index in [0.29, 0.717) is 12.0 Å². The topological polar surface area (TPSA) is 54.1 Å². The molecule has 1 unspecified atom stereocenters. The second-order valence-corrected chi connectivity index (χ2v) is 4.98. The van der Waals surface area contributed by atoms with Crippen molar-refractivity contribution in [3.8, 4) is 12.1 Å². The van der Waals surface area contributed by atoms with Crippen molar-refractivity contribution in [1.29, 1.82) is 10.5 Å². The van der Waals surface area contributed by atoms with E-state index in [9.17, 15) is 0 Å². The zero-order valence-electron chi connectivity index (χ0n) is 11.2. The number of anilines is 1. The normalized spacial score (nSPS) is 20.4. The van der Waals surface area contributed by atoms with Crippen molar-refractivity contribution < 1.29 is 0 Å². The molecule has 1 saturated heterocycles. The zero-order valence-corrected chi connectivity index (χ0v) is 11.2. The summed E-state index contributed by atoms with van der Waals surface area (Å²) in [5.41, 5.74) is 1.78. The molecule has 1 aliphatic heterocycles. The van der Waals surface area contributed by atoms with Crippen LogP contribution in [0, 0.1) is 22.7 Å². The van der Waals surface area contributed by atoms with Crippen molar-refractivity contribution in [2.75, 3.05) is 31.6 Å². The highest BCUT2D eigenvalue weighted by Crippen LogP contribution is 2.22. The van der Waals surface area contributed by atoms with Gasteiger partial charge < -0.3 is 9.80 Å². The van der Waals surface area contributed by atoms with Crippen LogP contribution < -0.4 is 4.90 Å². The average molecular weight is 254 g/mol. The first-order valence-electron chi connectivity index (χ1n) is 6.57. The molecular weight excluding hydrogens is 236 g/mol. The van der Waals surface area contributed by atoms with Gasteiger partial charge in [-0.1, -0.05) is 0 Å². The van der Waals surface area contributed by atoms with E-state index in [1.807, 2.05) is 24.3 Å². The predicted molar refractivity (Wildman–Crippen MR) is 74.6 cm³/mol. The molecule has 19 heavy (non-hydrogen) atoms. The largest absolute Gasteiger partial charge is 0.366 e. The van der Waals surface area contributed by atoms with Crippen LogP contribution in [0.4, 0.5) is 5.69 Å². The van der Waals surface area contributed by atoms with Gasteiger partial charge in [0.1, 0.15) is 0 Å². The van der Waals surface area contributed by atoms with Crippen LogP contribution in [-0.4, -0.2) is 37.6 Å². The minimum Gasteiger partial charge on any atom is -0.366 e. The Bertz CT molecular complexity index is 494. The van der Waals surface area contributed by atoms with E-state index in [2.05, 4.69) is 29.0 Å². The first-order chi connectivity index (χ1) is 9.24. The van der Waals surface area contributed by atoms with E-state index in [1.54, 1.807) is 0 Å². The predicted octanol–water partition coefficient (Wildman–Crippen LogP) is 1.98. The lowest BCUT2D eigenvalue weighted by Gasteiger charge is -2.31. The van der Waals surface area contributed by atoms with Crippen LogP contribution in [0.2, 0.25) is 0 Å². The summed E-state index contributed by atoms with van der Waals surface area (Å²) in [4.78, 5) is 4.58. The summed E-state index contributed by atoms with van der Waals surface area (Å²) < 4.78 is 0. The van der Waals surface area contributed by atoms with E-state index < -0.39 is 0 Å². The number of rotatable bonds is 2. The van der Waals surface area contributed by atoms with Gasteiger partial charge in [0.2, 0.25) is 0 Å². The van der Waals surface area contributed by atoms with Crippen molar-refractivity contribution in [2.24, 2.45) is 0 Å². The molecule has 1 atom stereocenters. The number of hydrogen-bond donors (Lipinski definition) is 0. The molecule has 4 nitrogen and oxygen atoms in total.